The zero-order valence-corrected chi connectivity index (χ0v) is 47.3. The van der Waals surface area contributed by atoms with E-state index in [2.05, 4.69) is 90.5 Å². The van der Waals surface area contributed by atoms with Crippen molar-refractivity contribution in [1.82, 2.24) is 21.3 Å². The van der Waals surface area contributed by atoms with Crippen LogP contribution < -0.4 is 21.3 Å². The van der Waals surface area contributed by atoms with Gasteiger partial charge in [-0.25, -0.2) is 8.42 Å². The Labute approximate surface area is 422 Å². The Kier molecular flexibility index (Phi) is 42.6. The van der Waals surface area contributed by atoms with Crippen LogP contribution in [0.2, 0.25) is 0 Å². The van der Waals surface area contributed by atoms with Gasteiger partial charge in [0.05, 0.1) is 24.7 Å². The second kappa shape index (κ2) is 44.1. The Morgan fingerprint density at radius 3 is 0.824 bits per heavy atom. The monoisotopic (exact) mass is 989 g/mol. The minimum Gasteiger partial charge on any atom is -0.381 e. The zero-order chi connectivity index (χ0) is 50.1. The summed E-state index contributed by atoms with van der Waals surface area (Å²) in [6, 6.07) is 0. The summed E-state index contributed by atoms with van der Waals surface area (Å²) in [7, 11) is -2.62. The lowest BCUT2D eigenvalue weighted by Gasteiger charge is -2.20. The van der Waals surface area contributed by atoms with Crippen LogP contribution in [0.4, 0.5) is 0 Å². The Bertz CT molecular complexity index is 1000. The highest BCUT2D eigenvalue weighted by atomic mass is 32.2. The molecule has 10 heterocycles. The van der Waals surface area contributed by atoms with Crippen molar-refractivity contribution in [3.8, 4) is 0 Å². The van der Waals surface area contributed by atoms with Crippen molar-refractivity contribution in [2.24, 2.45) is 59.2 Å². The predicted molar refractivity (Wildman–Crippen MR) is 290 cm³/mol. The number of piperidine rings is 3. The van der Waals surface area contributed by atoms with E-state index in [9.17, 15) is 8.42 Å². The molecule has 10 rings (SSSR count). The van der Waals surface area contributed by atoms with Crippen LogP contribution in [0.5, 0.6) is 0 Å². The van der Waals surface area contributed by atoms with Crippen molar-refractivity contribution in [3.05, 3.63) is 0 Å². The van der Waals surface area contributed by atoms with Crippen molar-refractivity contribution in [2.75, 3.05) is 130 Å². The standard InChI is InChI=1S/3C6H13N.C6H12O2S.3C6H12O.C5H11N.C5H10O.C4H8O/c1-6-2-4-7-5-3-6;2*1-6-3-2-4-7-5-6;1-6-2-4-9(7,8)5-3-6;1-6-2-4-7-5-3-6;2*1-6-3-2-4-7-5-6;2*1-5-2-3-6-4-5;1-4-2-5-3-4/h3*6-7H,2-5H2,1H3;6H,2-5H2,1H3;3*6H,2-5H2,1H3;5-6H,2-4H2,1H3;5H,2-4H2,1H3;4H,2-3H2,1H3/t;2*6-;;;2*6-;2*5-;/m.11..1000./s1. The molecule has 68 heavy (non-hydrogen) atoms. The number of ether oxygens (including phenoxy) is 5. The molecule has 6 atom stereocenters. The summed E-state index contributed by atoms with van der Waals surface area (Å²) in [5, 5.41) is 13.3. The molecule has 0 aromatic heterocycles. The minimum atomic E-state index is -2.62. The average molecular weight is 990 g/mol. The second-order valence-corrected chi connectivity index (χ2v) is 25.1. The average Bonchev–Trinajstić information content (AvgIpc) is 4.03. The van der Waals surface area contributed by atoms with Crippen LogP contribution in [-0.2, 0) is 33.5 Å². The topological polar surface area (TPSA) is 128 Å². The quantitative estimate of drug-likeness (QED) is 0.185. The summed E-state index contributed by atoms with van der Waals surface area (Å²) >= 11 is 0. The second-order valence-electron chi connectivity index (χ2n) is 22.8. The molecular formula is C56H116N4O7S. The fourth-order valence-electron chi connectivity index (χ4n) is 8.45. The lowest BCUT2D eigenvalue weighted by molar-refractivity contribution is -0.0221. The number of rotatable bonds is 0. The molecule has 0 aromatic carbocycles. The largest absolute Gasteiger partial charge is 0.381 e. The minimum absolute atomic E-state index is 0.411. The summed E-state index contributed by atoms with van der Waals surface area (Å²) in [5.74, 6) is 9.40. The van der Waals surface area contributed by atoms with Gasteiger partial charge < -0.3 is 45.0 Å². The molecule has 0 spiro atoms. The smallest absolute Gasteiger partial charge is 0.150 e. The van der Waals surface area contributed by atoms with Crippen LogP contribution in [-0.4, -0.2) is 138 Å². The summed E-state index contributed by atoms with van der Waals surface area (Å²) in [6.07, 6.45) is 20.5. The molecule has 10 aliphatic heterocycles. The van der Waals surface area contributed by atoms with Gasteiger partial charge in [0.1, 0.15) is 9.84 Å². The molecule has 0 unspecified atom stereocenters. The van der Waals surface area contributed by atoms with Crippen molar-refractivity contribution in [1.29, 1.82) is 0 Å². The normalized spacial score (nSPS) is 30.5. The van der Waals surface area contributed by atoms with E-state index in [-0.39, 0.29) is 0 Å². The van der Waals surface area contributed by atoms with E-state index >= 15 is 0 Å². The maximum Gasteiger partial charge on any atom is 0.150 e. The van der Waals surface area contributed by atoms with Gasteiger partial charge in [0.2, 0.25) is 0 Å². The van der Waals surface area contributed by atoms with E-state index in [0.717, 1.165) is 132 Å². The number of hydrogen-bond acceptors (Lipinski definition) is 11. The number of nitrogens with one attached hydrogen (secondary N) is 4. The van der Waals surface area contributed by atoms with E-state index in [1.807, 2.05) is 0 Å². The summed E-state index contributed by atoms with van der Waals surface area (Å²) in [6.45, 7) is 42.2. The van der Waals surface area contributed by atoms with E-state index in [1.165, 1.54) is 142 Å². The number of hydrogen-bond donors (Lipinski definition) is 4. The van der Waals surface area contributed by atoms with Crippen molar-refractivity contribution < 1.29 is 32.1 Å². The molecule has 0 radical (unpaired) electrons. The van der Waals surface area contributed by atoms with Crippen LogP contribution in [0.25, 0.3) is 0 Å². The van der Waals surface area contributed by atoms with Crippen molar-refractivity contribution in [3.63, 3.8) is 0 Å². The molecule has 0 bridgehead atoms. The fraction of sp³-hybridized carbons (Fsp3) is 1.00. The maximum atomic E-state index is 10.8. The lowest BCUT2D eigenvalue weighted by atomic mass is 10.0. The number of sulfone groups is 1. The molecule has 10 saturated heterocycles. The third-order valence-electron chi connectivity index (χ3n) is 14.1. The van der Waals surface area contributed by atoms with Gasteiger partial charge in [-0.3, -0.25) is 0 Å². The maximum absolute atomic E-state index is 10.8. The van der Waals surface area contributed by atoms with Gasteiger partial charge in [-0.05, 0) is 208 Å². The van der Waals surface area contributed by atoms with Crippen molar-refractivity contribution in [2.45, 2.75) is 172 Å². The summed E-state index contributed by atoms with van der Waals surface area (Å²) in [5.41, 5.74) is 0. The van der Waals surface area contributed by atoms with Gasteiger partial charge in [0.15, 0.2) is 0 Å². The van der Waals surface area contributed by atoms with Crippen LogP contribution >= 0.6 is 0 Å². The fourth-order valence-corrected chi connectivity index (χ4v) is 10.2. The van der Waals surface area contributed by atoms with Crippen molar-refractivity contribution >= 4 is 9.84 Å². The van der Waals surface area contributed by atoms with Gasteiger partial charge in [-0.15, -0.1) is 0 Å². The summed E-state index contributed by atoms with van der Waals surface area (Å²) < 4.78 is 47.0. The zero-order valence-electron chi connectivity index (χ0n) is 46.5. The Morgan fingerprint density at radius 1 is 0.294 bits per heavy atom. The van der Waals surface area contributed by atoms with E-state index in [0.29, 0.717) is 17.4 Å². The molecule has 10 fully saturated rings. The molecule has 0 aromatic rings. The first-order valence-electron chi connectivity index (χ1n) is 28.6. The molecule has 11 nitrogen and oxygen atoms in total. The van der Waals surface area contributed by atoms with Gasteiger partial charge in [0.25, 0.3) is 0 Å². The Balaban J connectivity index is 0.000000379. The van der Waals surface area contributed by atoms with E-state index in [4.69, 9.17) is 23.7 Å². The predicted octanol–water partition coefficient (Wildman–Crippen LogP) is 10.5. The molecule has 12 heteroatoms. The van der Waals surface area contributed by atoms with Gasteiger partial charge in [-0.1, -0.05) is 69.2 Å². The van der Waals surface area contributed by atoms with Crippen LogP contribution in [0.15, 0.2) is 0 Å². The van der Waals surface area contributed by atoms with E-state index < -0.39 is 9.84 Å². The third kappa shape index (κ3) is 43.2. The molecule has 408 valence electrons. The van der Waals surface area contributed by atoms with Gasteiger partial charge in [0, 0.05) is 58.8 Å². The molecule has 10 aliphatic rings. The molecule has 4 N–H and O–H groups in total. The van der Waals surface area contributed by atoms with Crippen LogP contribution in [0.3, 0.4) is 0 Å². The molecule has 0 saturated carbocycles. The first-order chi connectivity index (χ1) is 32.6. The summed E-state index contributed by atoms with van der Waals surface area (Å²) in [4.78, 5) is 0. The Hall–Kier alpha value is -0.410. The third-order valence-corrected chi connectivity index (χ3v) is 15.8. The molecular weight excluding hydrogens is 873 g/mol. The van der Waals surface area contributed by atoms with Gasteiger partial charge in [-0.2, -0.15) is 0 Å². The van der Waals surface area contributed by atoms with Crippen LogP contribution in [0, 0.1) is 59.2 Å². The highest BCUT2D eigenvalue weighted by molar-refractivity contribution is 7.91. The first kappa shape index (κ1) is 65.6. The Morgan fingerprint density at radius 2 is 0.632 bits per heavy atom. The lowest BCUT2D eigenvalue weighted by Crippen LogP contribution is -2.27. The molecule has 0 aliphatic carbocycles. The van der Waals surface area contributed by atoms with Crippen LogP contribution in [0.1, 0.15) is 172 Å². The highest BCUT2D eigenvalue weighted by Crippen LogP contribution is 2.17. The highest BCUT2D eigenvalue weighted by Gasteiger charge is 2.20. The van der Waals surface area contributed by atoms with E-state index in [1.54, 1.807) is 0 Å². The first-order valence-corrected chi connectivity index (χ1v) is 30.4. The van der Waals surface area contributed by atoms with Gasteiger partial charge >= 0.3 is 0 Å². The SMILES string of the molecule is CC1CCNCC1.CC1CCOCC1.CC1CCS(=O)(=O)CC1.CC1COC1.C[C@@H]1CCCNC1.C[C@@H]1CCCNC1.C[C@@H]1CCCOC1.C[C@H]1CCCOC1.C[C@H]1CCNC1.C[C@H]1CCOC1. The molecule has 0 amide bonds.